The van der Waals surface area contributed by atoms with E-state index in [9.17, 15) is 0 Å². The zero-order chi connectivity index (χ0) is 7.61. The van der Waals surface area contributed by atoms with E-state index < -0.39 is 0 Å². The summed E-state index contributed by atoms with van der Waals surface area (Å²) in [5.74, 6) is 0.444. The van der Waals surface area contributed by atoms with Crippen molar-refractivity contribution in [1.29, 1.82) is 0 Å². The topological polar surface area (TPSA) is 24.7 Å². The second-order valence-electron chi connectivity index (χ2n) is 2.84. The fourth-order valence-corrected chi connectivity index (χ4v) is 1.07. The van der Waals surface area contributed by atoms with Crippen LogP contribution in [0.1, 0.15) is 20.3 Å². The Labute approximate surface area is 62.1 Å². The van der Waals surface area contributed by atoms with Crippen LogP contribution in [-0.2, 0) is 0 Å². The van der Waals surface area contributed by atoms with E-state index in [-0.39, 0.29) is 5.66 Å². The SMILES string of the molecule is [CH2]CC1(C(C)C)N=CC=N1. The van der Waals surface area contributed by atoms with Gasteiger partial charge in [-0.3, -0.25) is 9.98 Å². The summed E-state index contributed by atoms with van der Waals surface area (Å²) in [7, 11) is 0. The lowest BCUT2D eigenvalue weighted by Crippen LogP contribution is -2.27. The van der Waals surface area contributed by atoms with Crippen molar-refractivity contribution in [3.05, 3.63) is 6.92 Å². The first-order valence-electron chi connectivity index (χ1n) is 3.59. The molecular formula is C8H13N2. The van der Waals surface area contributed by atoms with Gasteiger partial charge in [-0.1, -0.05) is 13.8 Å². The molecule has 1 heterocycles. The fraction of sp³-hybridized carbons (Fsp3) is 0.625. The van der Waals surface area contributed by atoms with Crippen LogP contribution < -0.4 is 0 Å². The van der Waals surface area contributed by atoms with Crippen LogP contribution in [0.25, 0.3) is 0 Å². The Hall–Kier alpha value is -0.660. The van der Waals surface area contributed by atoms with Gasteiger partial charge in [-0.05, 0) is 19.3 Å². The summed E-state index contributed by atoms with van der Waals surface area (Å²) in [5, 5.41) is 0. The van der Waals surface area contributed by atoms with Gasteiger partial charge in [-0.15, -0.1) is 0 Å². The minimum Gasteiger partial charge on any atom is -0.262 e. The maximum atomic E-state index is 4.28. The third-order valence-electron chi connectivity index (χ3n) is 1.96. The maximum absolute atomic E-state index is 4.28. The molecule has 0 aromatic heterocycles. The highest BCUT2D eigenvalue weighted by Crippen LogP contribution is 2.28. The molecular weight excluding hydrogens is 124 g/mol. The van der Waals surface area contributed by atoms with Crippen molar-refractivity contribution in [3.63, 3.8) is 0 Å². The molecule has 2 nitrogen and oxygen atoms in total. The van der Waals surface area contributed by atoms with Crippen LogP contribution in [0.5, 0.6) is 0 Å². The average molecular weight is 137 g/mol. The van der Waals surface area contributed by atoms with Crippen LogP contribution in [0.3, 0.4) is 0 Å². The molecule has 0 N–H and O–H groups in total. The predicted molar refractivity (Wildman–Crippen MR) is 44.5 cm³/mol. The van der Waals surface area contributed by atoms with E-state index in [1.165, 1.54) is 0 Å². The van der Waals surface area contributed by atoms with Gasteiger partial charge in [0.2, 0.25) is 0 Å². The predicted octanol–water partition coefficient (Wildman–Crippen LogP) is 1.72. The van der Waals surface area contributed by atoms with Gasteiger partial charge in [0.25, 0.3) is 0 Å². The molecule has 0 unspecified atom stereocenters. The van der Waals surface area contributed by atoms with Crippen molar-refractivity contribution >= 4 is 12.4 Å². The van der Waals surface area contributed by atoms with Crippen molar-refractivity contribution in [2.45, 2.75) is 25.9 Å². The summed E-state index contributed by atoms with van der Waals surface area (Å²) in [5.41, 5.74) is -0.236. The van der Waals surface area contributed by atoms with E-state index in [2.05, 4.69) is 30.8 Å². The minimum atomic E-state index is -0.236. The largest absolute Gasteiger partial charge is 0.262 e. The van der Waals surface area contributed by atoms with Crippen LogP contribution in [0.15, 0.2) is 9.98 Å². The lowest BCUT2D eigenvalue weighted by Gasteiger charge is -2.25. The van der Waals surface area contributed by atoms with Crippen molar-refractivity contribution in [2.24, 2.45) is 15.9 Å². The van der Waals surface area contributed by atoms with Gasteiger partial charge in [-0.2, -0.15) is 0 Å². The van der Waals surface area contributed by atoms with Crippen LogP contribution >= 0.6 is 0 Å². The second-order valence-corrected chi connectivity index (χ2v) is 2.84. The van der Waals surface area contributed by atoms with E-state index in [1.807, 2.05) is 0 Å². The van der Waals surface area contributed by atoms with Crippen molar-refractivity contribution in [2.75, 3.05) is 0 Å². The van der Waals surface area contributed by atoms with Gasteiger partial charge >= 0.3 is 0 Å². The Bertz CT molecular complexity index is 156. The van der Waals surface area contributed by atoms with E-state index >= 15 is 0 Å². The molecule has 1 rings (SSSR count). The van der Waals surface area contributed by atoms with Gasteiger partial charge in [0.15, 0.2) is 5.66 Å². The molecule has 1 aliphatic heterocycles. The third kappa shape index (κ3) is 0.981. The lowest BCUT2D eigenvalue weighted by molar-refractivity contribution is 0.336. The number of aliphatic imine (C=N–C) groups is 2. The molecule has 0 saturated heterocycles. The molecule has 55 valence electrons. The number of hydrogen-bond acceptors (Lipinski definition) is 2. The second kappa shape index (κ2) is 2.52. The summed E-state index contributed by atoms with van der Waals surface area (Å²) in [6, 6.07) is 0. The molecule has 10 heavy (non-hydrogen) atoms. The highest BCUT2D eigenvalue weighted by atomic mass is 15.1. The first-order chi connectivity index (χ1) is 4.71. The molecule has 2 heteroatoms. The highest BCUT2D eigenvalue weighted by molar-refractivity contribution is 6.17. The van der Waals surface area contributed by atoms with Crippen LogP contribution in [0.4, 0.5) is 0 Å². The fourth-order valence-electron chi connectivity index (χ4n) is 1.07. The summed E-state index contributed by atoms with van der Waals surface area (Å²) >= 11 is 0. The standard InChI is InChI=1S/C8H13N2/c1-4-8(7(2)3)9-5-6-10-8/h5-7H,1,4H2,2-3H3. The summed E-state index contributed by atoms with van der Waals surface area (Å²) in [6.07, 6.45) is 4.26. The molecule has 0 aromatic carbocycles. The first-order valence-corrected chi connectivity index (χ1v) is 3.59. The summed E-state index contributed by atoms with van der Waals surface area (Å²) < 4.78 is 0. The highest BCUT2D eigenvalue weighted by Gasteiger charge is 2.30. The Morgan fingerprint density at radius 2 is 1.90 bits per heavy atom. The maximum Gasteiger partial charge on any atom is 0.152 e. The quantitative estimate of drug-likeness (QED) is 0.553. The molecule has 0 aliphatic carbocycles. The monoisotopic (exact) mass is 137 g/mol. The zero-order valence-electron chi connectivity index (χ0n) is 6.54. The van der Waals surface area contributed by atoms with Crippen molar-refractivity contribution in [1.82, 2.24) is 0 Å². The molecule has 0 spiro atoms. The smallest absolute Gasteiger partial charge is 0.152 e. The molecule has 1 radical (unpaired) electrons. The molecule has 0 saturated carbocycles. The van der Waals surface area contributed by atoms with Crippen molar-refractivity contribution < 1.29 is 0 Å². The lowest BCUT2D eigenvalue weighted by atomic mass is 9.95. The number of rotatable bonds is 2. The first kappa shape index (κ1) is 7.45. The van der Waals surface area contributed by atoms with E-state index in [0.717, 1.165) is 6.42 Å². The Morgan fingerprint density at radius 1 is 1.40 bits per heavy atom. The number of nitrogens with zero attached hydrogens (tertiary/aromatic N) is 2. The van der Waals surface area contributed by atoms with E-state index in [0.29, 0.717) is 5.92 Å². The normalized spacial score (nSPS) is 20.8. The van der Waals surface area contributed by atoms with Gasteiger partial charge in [0.05, 0.1) is 0 Å². The Morgan fingerprint density at radius 3 is 2.10 bits per heavy atom. The van der Waals surface area contributed by atoms with Gasteiger partial charge in [0.1, 0.15) is 0 Å². The Kier molecular flexibility index (Phi) is 1.88. The summed E-state index contributed by atoms with van der Waals surface area (Å²) in [4.78, 5) is 8.55. The molecule has 0 atom stereocenters. The van der Waals surface area contributed by atoms with E-state index in [4.69, 9.17) is 0 Å². The molecule has 1 aliphatic rings. The van der Waals surface area contributed by atoms with Crippen LogP contribution in [-0.4, -0.2) is 18.1 Å². The average Bonchev–Trinajstić information content (AvgIpc) is 2.35. The Balaban J connectivity index is 2.79. The van der Waals surface area contributed by atoms with Crippen molar-refractivity contribution in [3.8, 4) is 0 Å². The summed E-state index contributed by atoms with van der Waals surface area (Å²) in [6.45, 7) is 8.07. The van der Waals surface area contributed by atoms with Gasteiger partial charge < -0.3 is 0 Å². The third-order valence-corrected chi connectivity index (χ3v) is 1.96. The molecule has 0 amide bonds. The number of hydrogen-bond donors (Lipinski definition) is 0. The van der Waals surface area contributed by atoms with Crippen LogP contribution in [0, 0.1) is 12.8 Å². The van der Waals surface area contributed by atoms with Gasteiger partial charge in [0, 0.05) is 12.4 Å². The van der Waals surface area contributed by atoms with E-state index in [1.54, 1.807) is 12.4 Å². The molecule has 0 bridgehead atoms. The molecule has 0 aromatic rings. The zero-order valence-corrected chi connectivity index (χ0v) is 6.54. The van der Waals surface area contributed by atoms with Crippen LogP contribution in [0.2, 0.25) is 0 Å². The minimum absolute atomic E-state index is 0.236. The molecule has 0 fully saturated rings. The van der Waals surface area contributed by atoms with Gasteiger partial charge in [-0.25, -0.2) is 0 Å².